The number of hydrogen-bond donors (Lipinski definition) is 4. The summed E-state index contributed by atoms with van der Waals surface area (Å²) in [5, 5.41) is 23.5. The molecule has 0 bridgehead atoms. The first-order chi connectivity index (χ1) is 9.45. The molecule has 0 unspecified atom stereocenters. The predicted molar refractivity (Wildman–Crippen MR) is 72.4 cm³/mol. The van der Waals surface area contributed by atoms with E-state index in [1.54, 1.807) is 6.92 Å². The van der Waals surface area contributed by atoms with E-state index >= 15 is 0 Å². The van der Waals surface area contributed by atoms with Crippen molar-refractivity contribution >= 4 is 34.4 Å². The third-order valence-corrected chi connectivity index (χ3v) is 2.96. The maximum atomic E-state index is 11.7. The van der Waals surface area contributed by atoms with Gasteiger partial charge in [-0.05, 0) is 25.1 Å². The second kappa shape index (κ2) is 5.53. The first-order valence-electron chi connectivity index (χ1n) is 5.40. The molecule has 2 aromatic rings. The van der Waals surface area contributed by atoms with Gasteiger partial charge in [-0.2, -0.15) is 4.37 Å². The molecule has 0 fully saturated rings. The Labute approximate surface area is 117 Å². The molecule has 0 saturated heterocycles. The summed E-state index contributed by atoms with van der Waals surface area (Å²) in [6, 6.07) is 3.00. The fraction of sp³-hybridized carbons (Fsp3) is 0.0909. The van der Waals surface area contributed by atoms with E-state index in [2.05, 4.69) is 20.0 Å². The number of carboxylic acid groups (broad SMARTS) is 1. The highest BCUT2D eigenvalue weighted by atomic mass is 32.1. The van der Waals surface area contributed by atoms with E-state index < -0.39 is 12.0 Å². The summed E-state index contributed by atoms with van der Waals surface area (Å²) in [5.41, 5.74) is 0.0157. The Morgan fingerprint density at radius 2 is 2.05 bits per heavy atom. The fourth-order valence-electron chi connectivity index (χ4n) is 1.37. The average Bonchev–Trinajstić information content (AvgIpc) is 2.77. The van der Waals surface area contributed by atoms with Crippen LogP contribution in [0.25, 0.3) is 0 Å². The first kappa shape index (κ1) is 13.7. The Balaban J connectivity index is 2.06. The number of urea groups is 1. The van der Waals surface area contributed by atoms with Gasteiger partial charge in [0.05, 0.1) is 11.3 Å². The maximum absolute atomic E-state index is 11.7. The average molecular weight is 294 g/mol. The predicted octanol–water partition coefficient (Wildman–Crippen LogP) is 1.89. The van der Waals surface area contributed by atoms with E-state index in [-0.39, 0.29) is 17.0 Å². The zero-order chi connectivity index (χ0) is 14.7. The lowest BCUT2D eigenvalue weighted by molar-refractivity contribution is 0.0696. The van der Waals surface area contributed by atoms with Crippen molar-refractivity contribution in [2.75, 3.05) is 10.6 Å². The summed E-state index contributed by atoms with van der Waals surface area (Å²) in [4.78, 5) is 26.3. The molecule has 8 nitrogen and oxygen atoms in total. The van der Waals surface area contributed by atoms with Gasteiger partial charge in [0.25, 0.3) is 0 Å². The Kier molecular flexibility index (Phi) is 3.80. The van der Waals surface area contributed by atoms with Crippen LogP contribution < -0.4 is 10.6 Å². The monoisotopic (exact) mass is 294 g/mol. The third-order valence-electron chi connectivity index (χ3n) is 2.24. The quantitative estimate of drug-likeness (QED) is 0.641. The number of nitrogens with zero attached hydrogens (tertiary/aromatic N) is 2. The Morgan fingerprint density at radius 1 is 1.30 bits per heavy atom. The van der Waals surface area contributed by atoms with Crippen molar-refractivity contribution in [3.63, 3.8) is 0 Å². The molecule has 4 N–H and O–H groups in total. The second-order valence-electron chi connectivity index (χ2n) is 3.76. The van der Waals surface area contributed by atoms with Crippen molar-refractivity contribution in [2.24, 2.45) is 0 Å². The number of nitrogens with one attached hydrogen (secondary N) is 2. The third kappa shape index (κ3) is 3.20. The highest BCUT2D eigenvalue weighted by molar-refractivity contribution is 7.09. The van der Waals surface area contributed by atoms with Crippen molar-refractivity contribution < 1.29 is 19.8 Å². The van der Waals surface area contributed by atoms with E-state index in [0.717, 1.165) is 17.6 Å². The number of carbonyl (C=O) groups is 2. The zero-order valence-corrected chi connectivity index (χ0v) is 11.1. The van der Waals surface area contributed by atoms with Crippen molar-refractivity contribution in [2.45, 2.75) is 6.92 Å². The molecule has 0 aliphatic heterocycles. The van der Waals surface area contributed by atoms with Gasteiger partial charge in [0.15, 0.2) is 0 Å². The molecule has 104 valence electrons. The minimum Gasteiger partial charge on any atom is -0.506 e. The summed E-state index contributed by atoms with van der Waals surface area (Å²) in [6.45, 7) is 1.69. The highest BCUT2D eigenvalue weighted by Gasteiger charge is 2.11. The maximum Gasteiger partial charge on any atom is 0.335 e. The van der Waals surface area contributed by atoms with Crippen molar-refractivity contribution in [1.82, 2.24) is 9.36 Å². The molecule has 9 heteroatoms. The number of amides is 2. The van der Waals surface area contributed by atoms with Gasteiger partial charge in [0, 0.05) is 11.5 Å². The standard InChI is InChI=1S/C11H10N4O4S/c1-5-12-11(20-15-5)14-10(19)13-7-3-2-6(9(17)18)4-8(7)16/h2-4,16H,1H3,(H,17,18)(H2,12,13,14,15,19). The number of hydrogen-bond acceptors (Lipinski definition) is 6. The van der Waals surface area contributed by atoms with Gasteiger partial charge in [0.2, 0.25) is 5.13 Å². The lowest BCUT2D eigenvalue weighted by Gasteiger charge is -2.07. The summed E-state index contributed by atoms with van der Waals surface area (Å²) in [7, 11) is 0. The smallest absolute Gasteiger partial charge is 0.335 e. The van der Waals surface area contributed by atoms with E-state index in [9.17, 15) is 14.7 Å². The van der Waals surface area contributed by atoms with E-state index in [1.165, 1.54) is 12.1 Å². The molecule has 2 amide bonds. The number of aryl methyl sites for hydroxylation is 1. The Bertz CT molecular complexity index is 670. The number of rotatable bonds is 3. The molecule has 0 aliphatic rings. The minimum atomic E-state index is -1.17. The first-order valence-corrected chi connectivity index (χ1v) is 6.17. The summed E-state index contributed by atoms with van der Waals surface area (Å²) >= 11 is 1.03. The molecule has 0 aliphatic carbocycles. The molecule has 20 heavy (non-hydrogen) atoms. The number of carbonyl (C=O) groups excluding carboxylic acids is 1. The molecule has 1 aromatic carbocycles. The van der Waals surface area contributed by atoms with Crippen LogP contribution in [0.3, 0.4) is 0 Å². The fourth-order valence-corrected chi connectivity index (χ4v) is 1.94. The van der Waals surface area contributed by atoms with Crippen LogP contribution in [0.1, 0.15) is 16.2 Å². The van der Waals surface area contributed by atoms with Gasteiger partial charge in [-0.25, -0.2) is 14.6 Å². The van der Waals surface area contributed by atoms with E-state index in [1.807, 2.05) is 0 Å². The van der Waals surface area contributed by atoms with Crippen LogP contribution in [0.5, 0.6) is 5.75 Å². The Hall–Kier alpha value is -2.68. The molecule has 0 atom stereocenters. The van der Waals surface area contributed by atoms with Crippen LogP contribution in [0.4, 0.5) is 15.6 Å². The van der Waals surface area contributed by atoms with Crippen LogP contribution in [-0.2, 0) is 0 Å². The number of benzene rings is 1. The minimum absolute atomic E-state index is 0.0757. The van der Waals surface area contributed by atoms with Crippen molar-refractivity contribution in [3.05, 3.63) is 29.6 Å². The van der Waals surface area contributed by atoms with Crippen LogP contribution in [0, 0.1) is 6.92 Å². The molecule has 0 saturated carbocycles. The summed E-state index contributed by atoms with van der Waals surface area (Å²) in [6.07, 6.45) is 0. The summed E-state index contributed by atoms with van der Waals surface area (Å²) < 4.78 is 3.90. The van der Waals surface area contributed by atoms with Crippen molar-refractivity contribution in [1.29, 1.82) is 0 Å². The lowest BCUT2D eigenvalue weighted by Crippen LogP contribution is -2.19. The molecule has 0 spiro atoms. The topological polar surface area (TPSA) is 124 Å². The number of aromatic carboxylic acids is 1. The number of aromatic nitrogens is 2. The summed E-state index contributed by atoms with van der Waals surface area (Å²) in [5.74, 6) is -0.965. The van der Waals surface area contributed by atoms with Crippen LogP contribution in [0.2, 0.25) is 0 Å². The molecule has 1 heterocycles. The molecule has 1 aromatic heterocycles. The highest BCUT2D eigenvalue weighted by Crippen LogP contribution is 2.24. The van der Waals surface area contributed by atoms with Gasteiger partial charge in [-0.15, -0.1) is 0 Å². The number of phenols is 1. The number of aromatic hydroxyl groups is 1. The largest absolute Gasteiger partial charge is 0.506 e. The SMILES string of the molecule is Cc1nsc(NC(=O)Nc2ccc(C(=O)O)cc2O)n1. The van der Waals surface area contributed by atoms with Gasteiger partial charge in [-0.1, -0.05) is 0 Å². The number of phenolic OH excluding ortho intramolecular Hbond substituents is 1. The van der Waals surface area contributed by atoms with Crippen LogP contribution in [0.15, 0.2) is 18.2 Å². The van der Waals surface area contributed by atoms with Gasteiger partial charge < -0.3 is 15.5 Å². The van der Waals surface area contributed by atoms with E-state index in [0.29, 0.717) is 11.0 Å². The normalized spacial score (nSPS) is 10.1. The van der Waals surface area contributed by atoms with Gasteiger partial charge in [0.1, 0.15) is 11.6 Å². The molecular formula is C11H10N4O4S. The van der Waals surface area contributed by atoms with Gasteiger partial charge in [-0.3, -0.25) is 5.32 Å². The van der Waals surface area contributed by atoms with E-state index in [4.69, 9.17) is 5.11 Å². The van der Waals surface area contributed by atoms with Crippen molar-refractivity contribution in [3.8, 4) is 5.75 Å². The van der Waals surface area contributed by atoms with Gasteiger partial charge >= 0.3 is 12.0 Å². The lowest BCUT2D eigenvalue weighted by atomic mass is 10.2. The second-order valence-corrected chi connectivity index (χ2v) is 4.51. The number of anilines is 2. The molecular weight excluding hydrogens is 284 g/mol. The molecule has 2 rings (SSSR count). The van der Waals surface area contributed by atoms with Crippen LogP contribution >= 0.6 is 11.5 Å². The van der Waals surface area contributed by atoms with Crippen LogP contribution in [-0.4, -0.2) is 31.6 Å². The number of carboxylic acids is 1. The molecule has 0 radical (unpaired) electrons. The zero-order valence-electron chi connectivity index (χ0n) is 10.2. The Morgan fingerprint density at radius 3 is 2.60 bits per heavy atom.